The molecule has 6 nitrogen and oxygen atoms in total. The van der Waals surface area contributed by atoms with Crippen LogP contribution in [0.5, 0.6) is 0 Å². The van der Waals surface area contributed by atoms with Crippen LogP contribution >= 0.6 is 0 Å². The van der Waals surface area contributed by atoms with Crippen molar-refractivity contribution in [2.45, 2.75) is 32.2 Å². The van der Waals surface area contributed by atoms with Crippen molar-refractivity contribution in [3.63, 3.8) is 0 Å². The highest BCUT2D eigenvalue weighted by molar-refractivity contribution is 5.95. The summed E-state index contributed by atoms with van der Waals surface area (Å²) in [7, 11) is 0. The molecule has 1 aliphatic carbocycles. The van der Waals surface area contributed by atoms with Crippen molar-refractivity contribution < 1.29 is 18.3 Å². The van der Waals surface area contributed by atoms with Gasteiger partial charge in [0.25, 0.3) is 0 Å². The Kier molecular flexibility index (Phi) is 4.82. The third kappa shape index (κ3) is 3.05. The molecule has 1 saturated heterocycles. The van der Waals surface area contributed by atoms with Crippen LogP contribution in [0, 0.1) is 17.6 Å². The molecule has 0 spiro atoms. The monoisotopic (exact) mass is 391 g/mol. The summed E-state index contributed by atoms with van der Waals surface area (Å²) >= 11 is 0. The summed E-state index contributed by atoms with van der Waals surface area (Å²) in [6.45, 7) is 3.19. The van der Waals surface area contributed by atoms with E-state index in [1.54, 1.807) is 16.4 Å². The van der Waals surface area contributed by atoms with Gasteiger partial charge in [-0.05, 0) is 44.7 Å². The first kappa shape index (κ1) is 18.9. The average Bonchev–Trinajstić information content (AvgIpc) is 3.40. The lowest BCUT2D eigenvalue weighted by Gasteiger charge is -2.22. The number of fused-ring (bicyclic) bond motifs is 1. The minimum absolute atomic E-state index is 0.0144. The predicted octanol–water partition coefficient (Wildman–Crippen LogP) is 2.58. The van der Waals surface area contributed by atoms with E-state index in [2.05, 4.69) is 0 Å². The second kappa shape index (κ2) is 7.16. The zero-order valence-corrected chi connectivity index (χ0v) is 15.7. The van der Waals surface area contributed by atoms with E-state index in [1.807, 2.05) is 0 Å². The molecular formula is C20H23F2N3O3. The second-order valence-electron chi connectivity index (χ2n) is 7.48. The van der Waals surface area contributed by atoms with Gasteiger partial charge >= 0.3 is 5.97 Å². The van der Waals surface area contributed by atoms with Crippen LogP contribution in [0.2, 0.25) is 0 Å². The van der Waals surface area contributed by atoms with Crippen molar-refractivity contribution in [3.05, 3.63) is 39.7 Å². The maximum atomic E-state index is 15.5. The number of aromatic nitrogens is 1. The maximum absolute atomic E-state index is 15.5. The van der Waals surface area contributed by atoms with E-state index >= 15 is 4.39 Å². The molecule has 1 aromatic carbocycles. The largest absolute Gasteiger partial charge is 0.462 e. The number of hydrogen-bond acceptors (Lipinski definition) is 5. The number of halogens is 2. The Hall–Kier alpha value is -2.48. The zero-order valence-electron chi connectivity index (χ0n) is 15.7. The van der Waals surface area contributed by atoms with Crippen molar-refractivity contribution in [1.29, 1.82) is 0 Å². The van der Waals surface area contributed by atoms with Gasteiger partial charge in [-0.1, -0.05) is 0 Å². The van der Waals surface area contributed by atoms with E-state index in [1.165, 1.54) is 6.20 Å². The quantitative estimate of drug-likeness (QED) is 0.793. The highest BCUT2D eigenvalue weighted by atomic mass is 19.1. The molecule has 2 heterocycles. The number of benzene rings is 1. The third-order valence-corrected chi connectivity index (χ3v) is 5.55. The molecule has 28 heavy (non-hydrogen) atoms. The first-order chi connectivity index (χ1) is 13.5. The Morgan fingerprint density at radius 1 is 1.32 bits per heavy atom. The van der Waals surface area contributed by atoms with E-state index in [0.717, 1.165) is 25.3 Å². The highest BCUT2D eigenvalue weighted by Gasteiger charge is 2.32. The van der Waals surface area contributed by atoms with E-state index in [0.29, 0.717) is 19.6 Å². The summed E-state index contributed by atoms with van der Waals surface area (Å²) in [5.41, 5.74) is 4.72. The Labute approximate surface area is 160 Å². The molecule has 8 heteroatoms. The number of ether oxygens (including phenoxy) is 1. The Balaban J connectivity index is 1.93. The Morgan fingerprint density at radius 2 is 2.07 bits per heavy atom. The second-order valence-corrected chi connectivity index (χ2v) is 7.48. The Morgan fingerprint density at radius 3 is 2.68 bits per heavy atom. The van der Waals surface area contributed by atoms with Gasteiger partial charge in [-0.15, -0.1) is 0 Å². The molecule has 2 aromatic rings. The standard InChI is InChI=1S/C20H23F2N3O3/c1-2-28-20(27)14-10-25(12-3-4-12)17-13(19(14)26)7-15(21)18(16(17)22)24-6-5-11(8-23)9-24/h7,10-12H,2-6,8-9,23H2,1H3. The first-order valence-electron chi connectivity index (χ1n) is 9.65. The zero-order chi connectivity index (χ0) is 20.0. The van der Waals surface area contributed by atoms with E-state index in [9.17, 15) is 14.0 Å². The molecule has 1 aliphatic heterocycles. The molecule has 0 radical (unpaired) electrons. The normalized spacial score (nSPS) is 19.4. The predicted molar refractivity (Wildman–Crippen MR) is 102 cm³/mol. The van der Waals surface area contributed by atoms with Gasteiger partial charge in [-0.3, -0.25) is 4.79 Å². The number of nitrogens with two attached hydrogens (primary N) is 1. The van der Waals surface area contributed by atoms with E-state index in [4.69, 9.17) is 10.5 Å². The summed E-state index contributed by atoms with van der Waals surface area (Å²) in [6.07, 6.45) is 3.75. The molecule has 0 bridgehead atoms. The van der Waals surface area contributed by atoms with Crippen molar-refractivity contribution in [2.24, 2.45) is 11.7 Å². The number of esters is 1. The van der Waals surface area contributed by atoms with Gasteiger partial charge in [-0.2, -0.15) is 0 Å². The third-order valence-electron chi connectivity index (χ3n) is 5.55. The fourth-order valence-electron chi connectivity index (χ4n) is 3.94. The molecule has 150 valence electrons. The average molecular weight is 391 g/mol. The van der Waals surface area contributed by atoms with Gasteiger partial charge in [-0.25, -0.2) is 13.6 Å². The summed E-state index contributed by atoms with van der Waals surface area (Å²) in [4.78, 5) is 26.6. The van der Waals surface area contributed by atoms with Crippen LogP contribution in [-0.2, 0) is 4.74 Å². The number of rotatable bonds is 5. The van der Waals surface area contributed by atoms with Crippen molar-refractivity contribution in [3.8, 4) is 0 Å². The molecule has 4 rings (SSSR count). The number of anilines is 1. The van der Waals surface area contributed by atoms with Gasteiger partial charge in [0.05, 0.1) is 17.5 Å². The van der Waals surface area contributed by atoms with Crippen molar-refractivity contribution in [2.75, 3.05) is 31.1 Å². The van der Waals surface area contributed by atoms with Crippen LogP contribution in [0.15, 0.2) is 17.1 Å². The van der Waals surface area contributed by atoms with Crippen molar-refractivity contribution in [1.82, 2.24) is 4.57 Å². The minimum Gasteiger partial charge on any atom is -0.462 e. The van der Waals surface area contributed by atoms with Crippen LogP contribution in [-0.4, -0.2) is 36.8 Å². The topological polar surface area (TPSA) is 77.6 Å². The lowest BCUT2D eigenvalue weighted by atomic mass is 10.1. The molecule has 0 amide bonds. The number of carbonyl (C=O) groups is 1. The number of pyridine rings is 1. The number of nitrogens with zero attached hydrogens (tertiary/aromatic N) is 2. The van der Waals surface area contributed by atoms with Gasteiger partial charge in [0.2, 0.25) is 5.43 Å². The fraction of sp³-hybridized carbons (Fsp3) is 0.500. The van der Waals surface area contributed by atoms with Gasteiger partial charge < -0.3 is 19.9 Å². The molecule has 1 atom stereocenters. The molecule has 2 aliphatic rings. The summed E-state index contributed by atoms with van der Waals surface area (Å²) in [5.74, 6) is -2.15. The SMILES string of the molecule is CCOC(=O)c1cn(C2CC2)c2c(F)c(N3CCC(CN)C3)c(F)cc2c1=O. The lowest BCUT2D eigenvalue weighted by molar-refractivity contribution is 0.0524. The molecule has 1 aromatic heterocycles. The van der Waals surface area contributed by atoms with Crippen LogP contribution in [0.1, 0.15) is 42.6 Å². The maximum Gasteiger partial charge on any atom is 0.343 e. The molecule has 1 saturated carbocycles. The molecule has 1 unspecified atom stereocenters. The van der Waals surface area contributed by atoms with E-state index < -0.39 is 23.0 Å². The van der Waals surface area contributed by atoms with E-state index in [-0.39, 0.29) is 40.7 Å². The summed E-state index contributed by atoms with van der Waals surface area (Å²) in [6, 6.07) is 1.03. The molecule has 2 fully saturated rings. The number of carbonyl (C=O) groups excluding carboxylic acids is 1. The minimum atomic E-state index is -0.803. The smallest absolute Gasteiger partial charge is 0.343 e. The van der Waals surface area contributed by atoms with Crippen LogP contribution in [0.3, 0.4) is 0 Å². The summed E-state index contributed by atoms with van der Waals surface area (Å²) < 4.78 is 37.0. The Bertz CT molecular complexity index is 1000. The van der Waals surface area contributed by atoms with Gasteiger partial charge in [0.15, 0.2) is 5.82 Å². The fourth-order valence-corrected chi connectivity index (χ4v) is 3.94. The lowest BCUT2D eigenvalue weighted by Crippen LogP contribution is -2.26. The van der Waals surface area contributed by atoms with Crippen LogP contribution < -0.4 is 16.1 Å². The molecule has 2 N–H and O–H groups in total. The highest BCUT2D eigenvalue weighted by Crippen LogP contribution is 2.40. The number of hydrogen-bond donors (Lipinski definition) is 1. The van der Waals surface area contributed by atoms with Crippen LogP contribution in [0.25, 0.3) is 10.9 Å². The first-order valence-corrected chi connectivity index (χ1v) is 9.65. The van der Waals surface area contributed by atoms with Crippen LogP contribution in [0.4, 0.5) is 14.5 Å². The summed E-state index contributed by atoms with van der Waals surface area (Å²) in [5, 5.41) is -0.134. The van der Waals surface area contributed by atoms with Gasteiger partial charge in [0.1, 0.15) is 17.1 Å². The van der Waals surface area contributed by atoms with Crippen molar-refractivity contribution >= 4 is 22.6 Å². The molecular weight excluding hydrogens is 368 g/mol. The van der Waals surface area contributed by atoms with Gasteiger partial charge in [0, 0.05) is 25.3 Å².